The highest BCUT2D eigenvalue weighted by Gasteiger charge is 2.19. The first kappa shape index (κ1) is 17.6. The summed E-state index contributed by atoms with van der Waals surface area (Å²) in [6.07, 6.45) is 3.17. The summed E-state index contributed by atoms with van der Waals surface area (Å²) in [6.45, 7) is 2.84. The Labute approximate surface area is 156 Å². The molecule has 0 bridgehead atoms. The van der Waals surface area contributed by atoms with Gasteiger partial charge in [-0.2, -0.15) is 10.2 Å². The van der Waals surface area contributed by atoms with E-state index in [4.69, 9.17) is 11.6 Å². The summed E-state index contributed by atoms with van der Waals surface area (Å²) >= 11 is 9.41. The maximum Gasteiger partial charge on any atom is 0.276 e. The van der Waals surface area contributed by atoms with E-state index in [2.05, 4.69) is 31.4 Å². The fourth-order valence-corrected chi connectivity index (χ4v) is 2.98. The Morgan fingerprint density at radius 2 is 2.08 bits per heavy atom. The van der Waals surface area contributed by atoms with Crippen LogP contribution >= 0.6 is 27.5 Å². The van der Waals surface area contributed by atoms with E-state index in [0.29, 0.717) is 23.4 Å². The van der Waals surface area contributed by atoms with Crippen LogP contribution < -0.4 is 5.32 Å². The average Bonchev–Trinajstić information content (AvgIpc) is 3.12. The van der Waals surface area contributed by atoms with Gasteiger partial charge < -0.3 is 5.32 Å². The molecule has 3 rings (SSSR count). The molecule has 0 spiro atoms. The minimum atomic E-state index is -0.392. The van der Waals surface area contributed by atoms with Crippen LogP contribution in [0.4, 0.5) is 10.2 Å². The van der Waals surface area contributed by atoms with Crippen LogP contribution in [0.25, 0.3) is 0 Å². The van der Waals surface area contributed by atoms with Gasteiger partial charge in [0.25, 0.3) is 5.91 Å². The molecule has 0 saturated carbocycles. The van der Waals surface area contributed by atoms with E-state index in [9.17, 15) is 9.18 Å². The molecule has 6 nitrogen and oxygen atoms in total. The van der Waals surface area contributed by atoms with Crippen molar-refractivity contribution in [3.8, 4) is 0 Å². The van der Waals surface area contributed by atoms with Gasteiger partial charge in [-0.3, -0.25) is 14.2 Å². The maximum absolute atomic E-state index is 13.0. The van der Waals surface area contributed by atoms with Gasteiger partial charge in [0.15, 0.2) is 5.82 Å². The standard InChI is InChI=1S/C16H14BrClFN5O/c1-2-24-14(13(18)7-20-24)16(25)21-15-12(17)9-23(22-15)8-10-3-5-11(19)6-4-10/h3-7,9H,2,8H2,1H3,(H,21,22,25). The topological polar surface area (TPSA) is 64.7 Å². The number of carbonyl (C=O) groups excluding carboxylic acids is 1. The summed E-state index contributed by atoms with van der Waals surface area (Å²) in [6, 6.07) is 6.15. The first-order valence-electron chi connectivity index (χ1n) is 7.48. The quantitative estimate of drug-likeness (QED) is 0.672. The number of hydrogen-bond acceptors (Lipinski definition) is 3. The Hall–Kier alpha value is -2.19. The predicted octanol–water partition coefficient (Wildman–Crippen LogP) is 3.96. The highest BCUT2D eigenvalue weighted by atomic mass is 79.9. The lowest BCUT2D eigenvalue weighted by Gasteiger charge is -2.06. The minimum absolute atomic E-state index is 0.279. The second-order valence-electron chi connectivity index (χ2n) is 5.26. The third-order valence-electron chi connectivity index (χ3n) is 3.52. The molecule has 2 aromatic heterocycles. The number of hydrogen-bond donors (Lipinski definition) is 1. The van der Waals surface area contributed by atoms with Crippen LogP contribution in [0, 0.1) is 5.82 Å². The number of aryl methyl sites for hydroxylation is 1. The van der Waals surface area contributed by atoms with Crippen LogP contribution in [-0.4, -0.2) is 25.5 Å². The van der Waals surface area contributed by atoms with E-state index in [1.807, 2.05) is 6.92 Å². The largest absolute Gasteiger partial charge is 0.303 e. The van der Waals surface area contributed by atoms with E-state index in [0.717, 1.165) is 5.56 Å². The summed E-state index contributed by atoms with van der Waals surface area (Å²) in [7, 11) is 0. The number of anilines is 1. The van der Waals surface area contributed by atoms with Crippen molar-refractivity contribution in [2.24, 2.45) is 0 Å². The number of benzene rings is 1. The zero-order valence-corrected chi connectivity index (χ0v) is 15.6. The van der Waals surface area contributed by atoms with E-state index in [1.165, 1.54) is 23.0 Å². The van der Waals surface area contributed by atoms with Gasteiger partial charge >= 0.3 is 0 Å². The van der Waals surface area contributed by atoms with Crippen molar-refractivity contribution >= 4 is 39.3 Å². The molecular weight excluding hydrogens is 413 g/mol. The van der Waals surface area contributed by atoms with Crippen molar-refractivity contribution in [3.05, 3.63) is 63.2 Å². The molecule has 0 saturated heterocycles. The molecule has 3 aromatic rings. The summed E-state index contributed by atoms with van der Waals surface area (Å²) in [5.74, 6) is -0.313. The molecule has 25 heavy (non-hydrogen) atoms. The number of rotatable bonds is 5. The Balaban J connectivity index is 1.77. The lowest BCUT2D eigenvalue weighted by Crippen LogP contribution is -2.18. The van der Waals surface area contributed by atoms with Gasteiger partial charge in [-0.1, -0.05) is 23.7 Å². The third kappa shape index (κ3) is 3.91. The number of nitrogens with zero attached hydrogens (tertiary/aromatic N) is 4. The monoisotopic (exact) mass is 425 g/mol. The zero-order chi connectivity index (χ0) is 18.0. The Kier molecular flexibility index (Phi) is 5.19. The van der Waals surface area contributed by atoms with Crippen molar-refractivity contribution in [2.75, 3.05) is 5.32 Å². The third-order valence-corrected chi connectivity index (χ3v) is 4.37. The van der Waals surface area contributed by atoms with Crippen molar-refractivity contribution in [1.82, 2.24) is 19.6 Å². The van der Waals surface area contributed by atoms with Gasteiger partial charge in [-0.25, -0.2) is 4.39 Å². The molecule has 2 heterocycles. The zero-order valence-electron chi connectivity index (χ0n) is 13.2. The van der Waals surface area contributed by atoms with E-state index < -0.39 is 5.91 Å². The lowest BCUT2D eigenvalue weighted by atomic mass is 10.2. The van der Waals surface area contributed by atoms with Crippen LogP contribution in [0.15, 0.2) is 41.1 Å². The Morgan fingerprint density at radius 1 is 1.36 bits per heavy atom. The molecule has 9 heteroatoms. The molecule has 0 atom stereocenters. The van der Waals surface area contributed by atoms with Crippen molar-refractivity contribution < 1.29 is 9.18 Å². The molecule has 0 fully saturated rings. The summed E-state index contributed by atoms with van der Waals surface area (Å²) < 4.78 is 16.8. The van der Waals surface area contributed by atoms with Gasteiger partial charge in [0.05, 0.1) is 22.2 Å². The maximum atomic E-state index is 13.0. The Bertz CT molecular complexity index is 906. The first-order chi connectivity index (χ1) is 12.0. The van der Waals surface area contributed by atoms with E-state index in [1.54, 1.807) is 23.0 Å². The molecular formula is C16H14BrClFN5O. The fourth-order valence-electron chi connectivity index (χ4n) is 2.33. The number of carbonyl (C=O) groups is 1. The van der Waals surface area contributed by atoms with Gasteiger partial charge in [0.2, 0.25) is 0 Å². The van der Waals surface area contributed by atoms with Gasteiger partial charge in [0.1, 0.15) is 11.5 Å². The number of nitrogens with one attached hydrogen (secondary N) is 1. The van der Waals surface area contributed by atoms with Gasteiger partial charge in [-0.05, 0) is 40.5 Å². The number of aromatic nitrogens is 4. The molecule has 130 valence electrons. The van der Waals surface area contributed by atoms with Gasteiger partial charge in [0, 0.05) is 12.7 Å². The summed E-state index contributed by atoms with van der Waals surface area (Å²) in [4.78, 5) is 12.5. The molecule has 1 amide bonds. The molecule has 0 radical (unpaired) electrons. The van der Waals surface area contributed by atoms with Crippen LogP contribution in [0.3, 0.4) is 0 Å². The van der Waals surface area contributed by atoms with Crippen LogP contribution in [0.1, 0.15) is 23.0 Å². The van der Waals surface area contributed by atoms with Crippen LogP contribution in [0.5, 0.6) is 0 Å². The smallest absolute Gasteiger partial charge is 0.276 e. The van der Waals surface area contributed by atoms with Crippen LogP contribution in [0.2, 0.25) is 5.02 Å². The molecule has 0 aliphatic carbocycles. The van der Waals surface area contributed by atoms with Crippen molar-refractivity contribution in [2.45, 2.75) is 20.0 Å². The highest BCUT2D eigenvalue weighted by Crippen LogP contribution is 2.23. The van der Waals surface area contributed by atoms with E-state index >= 15 is 0 Å². The summed E-state index contributed by atoms with van der Waals surface area (Å²) in [5, 5.41) is 11.4. The minimum Gasteiger partial charge on any atom is -0.303 e. The van der Waals surface area contributed by atoms with Crippen LogP contribution in [-0.2, 0) is 13.1 Å². The predicted molar refractivity (Wildman–Crippen MR) is 96.3 cm³/mol. The molecule has 1 N–H and O–H groups in total. The lowest BCUT2D eigenvalue weighted by molar-refractivity contribution is 0.101. The second kappa shape index (κ2) is 7.37. The Morgan fingerprint density at radius 3 is 2.76 bits per heavy atom. The fraction of sp³-hybridized carbons (Fsp3) is 0.188. The normalized spacial score (nSPS) is 10.9. The SMILES string of the molecule is CCn1ncc(Cl)c1C(=O)Nc1nn(Cc2ccc(F)cc2)cc1Br. The molecule has 0 unspecified atom stereocenters. The number of amides is 1. The molecule has 0 aliphatic rings. The van der Waals surface area contributed by atoms with Crippen molar-refractivity contribution in [1.29, 1.82) is 0 Å². The molecule has 0 aliphatic heterocycles. The van der Waals surface area contributed by atoms with Crippen molar-refractivity contribution in [3.63, 3.8) is 0 Å². The first-order valence-corrected chi connectivity index (χ1v) is 8.65. The van der Waals surface area contributed by atoms with Gasteiger partial charge in [-0.15, -0.1) is 0 Å². The number of halogens is 3. The second-order valence-corrected chi connectivity index (χ2v) is 6.52. The average molecular weight is 427 g/mol. The highest BCUT2D eigenvalue weighted by molar-refractivity contribution is 9.10. The summed E-state index contributed by atoms with van der Waals surface area (Å²) in [5.41, 5.74) is 1.17. The molecule has 1 aromatic carbocycles. The van der Waals surface area contributed by atoms with E-state index in [-0.39, 0.29) is 16.5 Å².